The Kier molecular flexibility index (Phi) is 5.64. The Morgan fingerprint density at radius 2 is 2.00 bits per heavy atom. The summed E-state index contributed by atoms with van der Waals surface area (Å²) in [6, 6.07) is 5.90. The molecule has 2 N–H and O–H groups in total. The Hall–Kier alpha value is -0.780. The molecule has 5 heteroatoms. The third-order valence-electron chi connectivity index (χ3n) is 2.60. The number of nitrogens with zero attached hydrogens (tertiary/aromatic N) is 1. The van der Waals surface area contributed by atoms with Crippen LogP contribution in [0.4, 0.5) is 0 Å². The van der Waals surface area contributed by atoms with Crippen molar-refractivity contribution in [3.63, 3.8) is 0 Å². The van der Waals surface area contributed by atoms with E-state index in [1.54, 1.807) is 5.01 Å². The highest BCUT2D eigenvalue weighted by molar-refractivity contribution is 8.22. The summed E-state index contributed by atoms with van der Waals surface area (Å²) < 4.78 is 0.700. The monoisotopic (exact) mass is 298 g/mol. The van der Waals surface area contributed by atoms with Crippen molar-refractivity contribution in [2.45, 2.75) is 31.9 Å². The summed E-state index contributed by atoms with van der Waals surface area (Å²) in [4.78, 5) is 0. The van der Waals surface area contributed by atoms with Crippen LogP contribution in [-0.2, 0) is 11.2 Å². The van der Waals surface area contributed by atoms with Crippen LogP contribution < -0.4 is 5.43 Å². The van der Waals surface area contributed by atoms with Gasteiger partial charge in [0.2, 0.25) is 0 Å². The van der Waals surface area contributed by atoms with E-state index in [-0.39, 0.29) is 5.41 Å². The largest absolute Gasteiger partial charge is 0.507 e. The van der Waals surface area contributed by atoms with Crippen molar-refractivity contribution >= 4 is 28.3 Å². The minimum atomic E-state index is -0.0623. The maximum atomic E-state index is 10.3. The summed E-state index contributed by atoms with van der Waals surface area (Å²) in [5, 5.41) is 12.1. The molecule has 0 aliphatic carbocycles. The van der Waals surface area contributed by atoms with Crippen LogP contribution >= 0.6 is 24.0 Å². The molecule has 0 radical (unpaired) electrons. The van der Waals surface area contributed by atoms with E-state index < -0.39 is 0 Å². The molecule has 0 atom stereocenters. The zero-order valence-corrected chi connectivity index (χ0v) is 13.8. The van der Waals surface area contributed by atoms with E-state index in [1.165, 1.54) is 11.8 Å². The van der Waals surface area contributed by atoms with Crippen molar-refractivity contribution in [1.82, 2.24) is 10.4 Å². The van der Waals surface area contributed by atoms with Crippen molar-refractivity contribution < 1.29 is 5.11 Å². The van der Waals surface area contributed by atoms with Crippen LogP contribution in [-0.4, -0.2) is 28.5 Å². The van der Waals surface area contributed by atoms with Gasteiger partial charge in [0.15, 0.2) is 0 Å². The first-order chi connectivity index (χ1) is 8.71. The zero-order valence-electron chi connectivity index (χ0n) is 12.2. The summed E-state index contributed by atoms with van der Waals surface area (Å²) in [7, 11) is 3.79. The third kappa shape index (κ3) is 5.01. The van der Waals surface area contributed by atoms with Gasteiger partial charge in [-0.1, -0.05) is 63.0 Å². The van der Waals surface area contributed by atoms with Crippen LogP contribution in [0.5, 0.6) is 5.75 Å². The van der Waals surface area contributed by atoms with Gasteiger partial charge in [0.05, 0.1) is 0 Å². The molecule has 0 amide bonds. The second kappa shape index (κ2) is 6.59. The summed E-state index contributed by atoms with van der Waals surface area (Å²) >= 11 is 6.72. The number of benzene rings is 1. The number of phenols is 1. The fourth-order valence-corrected chi connectivity index (χ4v) is 2.80. The van der Waals surface area contributed by atoms with Gasteiger partial charge < -0.3 is 10.5 Å². The Bertz CT molecular complexity index is 453. The van der Waals surface area contributed by atoms with Gasteiger partial charge in [-0.25, -0.2) is 5.01 Å². The number of nitrogens with one attached hydrogen (secondary N) is 1. The predicted octanol–water partition coefficient (Wildman–Crippen LogP) is 3.27. The zero-order chi connectivity index (χ0) is 14.6. The first kappa shape index (κ1) is 16.3. The molecule has 3 nitrogen and oxygen atoms in total. The number of hydrogen-bond donors (Lipinski definition) is 2. The van der Waals surface area contributed by atoms with Crippen LogP contribution in [0.15, 0.2) is 18.2 Å². The molecule has 0 aromatic heterocycles. The molecule has 0 fully saturated rings. The maximum Gasteiger partial charge on any atom is 0.148 e. The van der Waals surface area contributed by atoms with Crippen LogP contribution in [0.25, 0.3) is 0 Å². The molecule has 0 aliphatic rings. The van der Waals surface area contributed by atoms with Gasteiger partial charge in [-0.15, -0.1) is 0 Å². The van der Waals surface area contributed by atoms with Crippen molar-refractivity contribution in [1.29, 1.82) is 0 Å². The van der Waals surface area contributed by atoms with Crippen molar-refractivity contribution in [2.75, 3.05) is 14.1 Å². The Morgan fingerprint density at radius 1 is 1.37 bits per heavy atom. The first-order valence-electron chi connectivity index (χ1n) is 6.14. The highest BCUT2D eigenvalue weighted by Gasteiger charge is 2.19. The molecule has 0 unspecified atom stereocenters. The van der Waals surface area contributed by atoms with Gasteiger partial charge in [-0.2, -0.15) is 0 Å². The number of thiocarbonyl (C=S) groups is 1. The van der Waals surface area contributed by atoms with Crippen LogP contribution in [0.3, 0.4) is 0 Å². The fraction of sp³-hybridized carbons (Fsp3) is 0.500. The molecule has 0 spiro atoms. The van der Waals surface area contributed by atoms with Crippen LogP contribution in [0.2, 0.25) is 0 Å². The number of aromatic hydroxyl groups is 1. The number of para-hydroxylation sites is 1. The number of thioether (sulfide) groups is 1. The second-order valence-electron chi connectivity index (χ2n) is 5.65. The van der Waals surface area contributed by atoms with Crippen LogP contribution in [0, 0.1) is 0 Å². The van der Waals surface area contributed by atoms with E-state index in [9.17, 15) is 5.11 Å². The summed E-state index contributed by atoms with van der Waals surface area (Å²) in [6.45, 7) is 6.28. The molecular formula is C14H22N2OS2. The van der Waals surface area contributed by atoms with Gasteiger partial charge in [0.1, 0.15) is 10.1 Å². The van der Waals surface area contributed by atoms with E-state index in [0.29, 0.717) is 15.8 Å². The molecule has 19 heavy (non-hydrogen) atoms. The number of rotatable bonds is 3. The molecular weight excluding hydrogens is 276 g/mol. The molecule has 0 bridgehead atoms. The van der Waals surface area contributed by atoms with Crippen LogP contribution in [0.1, 0.15) is 31.9 Å². The summed E-state index contributed by atoms with van der Waals surface area (Å²) in [5.41, 5.74) is 4.85. The number of phenolic OH excluding ortho intramolecular Hbond substituents is 1. The molecule has 0 heterocycles. The molecule has 0 aliphatic heterocycles. The van der Waals surface area contributed by atoms with Gasteiger partial charge in [0.25, 0.3) is 0 Å². The van der Waals surface area contributed by atoms with E-state index >= 15 is 0 Å². The molecule has 1 aromatic carbocycles. The minimum Gasteiger partial charge on any atom is -0.507 e. The second-order valence-corrected chi connectivity index (χ2v) is 7.30. The van der Waals surface area contributed by atoms with Crippen molar-refractivity contribution in [3.8, 4) is 5.75 Å². The topological polar surface area (TPSA) is 35.5 Å². The smallest absolute Gasteiger partial charge is 0.148 e. The highest BCUT2D eigenvalue weighted by Crippen LogP contribution is 2.34. The summed E-state index contributed by atoms with van der Waals surface area (Å²) in [5.74, 6) is 1.05. The van der Waals surface area contributed by atoms with Gasteiger partial charge in [0, 0.05) is 25.4 Å². The summed E-state index contributed by atoms with van der Waals surface area (Å²) in [6.07, 6.45) is 0. The van der Waals surface area contributed by atoms with Crippen molar-refractivity contribution in [3.05, 3.63) is 29.3 Å². The fourth-order valence-electron chi connectivity index (χ4n) is 1.67. The Balaban J connectivity index is 2.78. The molecule has 106 valence electrons. The predicted molar refractivity (Wildman–Crippen MR) is 87.5 cm³/mol. The lowest BCUT2D eigenvalue weighted by Gasteiger charge is -2.22. The SMILES string of the molecule is CN(C)NC(=S)SCc1cccc(C(C)(C)C)c1O. The average Bonchev–Trinajstić information content (AvgIpc) is 2.25. The van der Waals surface area contributed by atoms with Crippen molar-refractivity contribution in [2.24, 2.45) is 0 Å². The van der Waals surface area contributed by atoms with E-state index in [0.717, 1.165) is 11.1 Å². The average molecular weight is 298 g/mol. The molecule has 1 rings (SSSR count). The normalized spacial score (nSPS) is 11.7. The lowest BCUT2D eigenvalue weighted by atomic mass is 9.85. The molecule has 0 saturated carbocycles. The quantitative estimate of drug-likeness (QED) is 0.661. The number of hydrogen-bond acceptors (Lipinski definition) is 4. The Morgan fingerprint density at radius 3 is 2.53 bits per heavy atom. The molecule has 0 saturated heterocycles. The third-order valence-corrected chi connectivity index (χ3v) is 3.85. The lowest BCUT2D eigenvalue weighted by Crippen LogP contribution is -2.33. The van der Waals surface area contributed by atoms with Gasteiger partial charge in [-0.3, -0.25) is 0 Å². The standard InChI is InChI=1S/C14H22N2OS2/c1-14(2,3)11-8-6-7-10(12(11)17)9-19-13(18)15-16(4)5/h6-8,17H,9H2,1-5H3,(H,15,18). The Labute approximate surface area is 125 Å². The van der Waals surface area contributed by atoms with E-state index in [2.05, 4.69) is 26.2 Å². The maximum absolute atomic E-state index is 10.3. The molecule has 1 aromatic rings. The minimum absolute atomic E-state index is 0.0623. The van der Waals surface area contributed by atoms with Gasteiger partial charge >= 0.3 is 0 Å². The lowest BCUT2D eigenvalue weighted by molar-refractivity contribution is 0.368. The van der Waals surface area contributed by atoms with Gasteiger partial charge in [-0.05, 0) is 11.0 Å². The van der Waals surface area contributed by atoms with E-state index in [4.69, 9.17) is 12.2 Å². The number of hydrazine groups is 1. The highest BCUT2D eigenvalue weighted by atomic mass is 32.2. The van der Waals surface area contributed by atoms with E-state index in [1.807, 2.05) is 32.3 Å². The first-order valence-corrected chi connectivity index (χ1v) is 7.53.